The van der Waals surface area contributed by atoms with Gasteiger partial charge in [0.1, 0.15) is 0 Å². The number of carbonyl (C=O) groups is 1. The molecule has 0 fully saturated rings. The molecule has 0 saturated heterocycles. The van der Waals surface area contributed by atoms with Crippen LogP contribution in [0.1, 0.15) is 5.56 Å². The first-order chi connectivity index (χ1) is 15.2. The van der Waals surface area contributed by atoms with E-state index in [9.17, 15) is 18.0 Å². The lowest BCUT2D eigenvalue weighted by Gasteiger charge is -2.11. The van der Waals surface area contributed by atoms with Gasteiger partial charge in [-0.25, -0.2) is 4.79 Å². The van der Waals surface area contributed by atoms with Crippen LogP contribution in [0.5, 0.6) is 0 Å². The van der Waals surface area contributed by atoms with Crippen LogP contribution in [-0.4, -0.2) is 34.4 Å². The van der Waals surface area contributed by atoms with Crippen molar-refractivity contribution in [2.45, 2.75) is 6.18 Å². The Kier molecular flexibility index (Phi) is 5.89. The molecule has 166 valence electrons. The van der Waals surface area contributed by atoms with Crippen LogP contribution in [-0.2, 0) is 14.5 Å². The smallest absolute Gasteiger partial charge is 0.383 e. The Morgan fingerprint density at radius 3 is 2.62 bits per heavy atom. The molecule has 4 aromatic rings. The summed E-state index contributed by atoms with van der Waals surface area (Å²) in [6.45, 7) is -0.885. The number of fused-ring (bicyclic) bond motifs is 2. The summed E-state index contributed by atoms with van der Waals surface area (Å²) < 4.78 is 42.8. The van der Waals surface area contributed by atoms with Crippen molar-refractivity contribution in [1.29, 1.82) is 0 Å². The molecule has 12 heteroatoms. The standard InChI is InChI=1S/C20H13BrClF3N4O3/c21-10-1-3-12-14(7-10)28-18(15-6-9-5-11(22)2-4-13(9)27-15)17(12)19(20(23,24)25)29-31-8-16(30)32-26/h1-7,27-28H,8,26H2/b29-19-. The van der Waals surface area contributed by atoms with E-state index in [0.29, 0.717) is 31.6 Å². The van der Waals surface area contributed by atoms with E-state index < -0.39 is 24.5 Å². The highest BCUT2D eigenvalue weighted by molar-refractivity contribution is 9.10. The van der Waals surface area contributed by atoms with Crippen molar-refractivity contribution in [2.75, 3.05) is 6.61 Å². The lowest BCUT2D eigenvalue weighted by Crippen LogP contribution is -2.25. The number of benzene rings is 2. The quantitative estimate of drug-likeness (QED) is 0.237. The van der Waals surface area contributed by atoms with E-state index in [2.05, 4.69) is 46.6 Å². The van der Waals surface area contributed by atoms with E-state index >= 15 is 0 Å². The molecular formula is C20H13BrClF3N4O3. The molecular weight excluding hydrogens is 517 g/mol. The average molecular weight is 530 g/mol. The average Bonchev–Trinajstić information content (AvgIpc) is 3.30. The molecule has 0 bridgehead atoms. The lowest BCUT2D eigenvalue weighted by atomic mass is 10.0. The molecule has 32 heavy (non-hydrogen) atoms. The molecule has 0 aliphatic rings. The van der Waals surface area contributed by atoms with Gasteiger partial charge >= 0.3 is 12.1 Å². The highest BCUT2D eigenvalue weighted by Gasteiger charge is 2.41. The number of aromatic nitrogens is 2. The van der Waals surface area contributed by atoms with Gasteiger partial charge in [-0.05, 0) is 36.4 Å². The topological polar surface area (TPSA) is 105 Å². The van der Waals surface area contributed by atoms with E-state index in [1.807, 2.05) is 0 Å². The predicted molar refractivity (Wildman–Crippen MR) is 117 cm³/mol. The van der Waals surface area contributed by atoms with E-state index in [4.69, 9.17) is 11.6 Å². The number of carbonyl (C=O) groups excluding carboxylic acids is 1. The molecule has 2 aromatic heterocycles. The number of alkyl halides is 3. The molecule has 0 spiro atoms. The number of nitrogens with two attached hydrogens (primary N) is 1. The largest absolute Gasteiger partial charge is 0.437 e. The van der Waals surface area contributed by atoms with Crippen LogP contribution in [0.4, 0.5) is 13.2 Å². The summed E-state index contributed by atoms with van der Waals surface area (Å²) in [5, 5.41) is 4.67. The van der Waals surface area contributed by atoms with E-state index in [0.717, 1.165) is 0 Å². The van der Waals surface area contributed by atoms with Crippen molar-refractivity contribution in [2.24, 2.45) is 11.1 Å². The minimum Gasteiger partial charge on any atom is -0.383 e. The van der Waals surface area contributed by atoms with Crippen molar-refractivity contribution < 1.29 is 27.6 Å². The molecule has 4 rings (SSSR count). The fourth-order valence-electron chi connectivity index (χ4n) is 3.28. The van der Waals surface area contributed by atoms with Gasteiger partial charge in [0, 0.05) is 36.9 Å². The maximum atomic E-state index is 14.0. The molecule has 0 saturated carbocycles. The first-order valence-corrected chi connectivity index (χ1v) is 10.1. The Balaban J connectivity index is 1.94. The van der Waals surface area contributed by atoms with Gasteiger partial charge in [-0.1, -0.05) is 38.8 Å². The number of aromatic amines is 2. The molecule has 0 unspecified atom stereocenters. The van der Waals surface area contributed by atoms with Crippen molar-refractivity contribution in [3.8, 4) is 11.4 Å². The maximum absolute atomic E-state index is 14.0. The van der Waals surface area contributed by atoms with Gasteiger partial charge < -0.3 is 19.6 Å². The SMILES string of the molecule is NOC(=O)CO/N=C(/c1c(-c2cc3cc(Cl)ccc3[nH]2)[nH]c2cc(Br)ccc12)C(F)(F)F. The fourth-order valence-corrected chi connectivity index (χ4v) is 3.82. The zero-order valence-corrected chi connectivity index (χ0v) is 18.2. The lowest BCUT2D eigenvalue weighted by molar-refractivity contribution is -0.149. The van der Waals surface area contributed by atoms with Crippen LogP contribution in [0.2, 0.25) is 5.02 Å². The fraction of sp³-hybridized carbons (Fsp3) is 0.100. The van der Waals surface area contributed by atoms with Crippen molar-refractivity contribution in [3.05, 3.63) is 57.5 Å². The molecule has 0 aliphatic carbocycles. The van der Waals surface area contributed by atoms with Crippen LogP contribution in [0.25, 0.3) is 33.2 Å². The first kappa shape index (κ1) is 22.2. The van der Waals surface area contributed by atoms with Crippen LogP contribution >= 0.6 is 27.5 Å². The highest BCUT2D eigenvalue weighted by Crippen LogP contribution is 2.37. The van der Waals surface area contributed by atoms with Gasteiger partial charge in [-0.15, -0.1) is 0 Å². The van der Waals surface area contributed by atoms with Crippen LogP contribution < -0.4 is 5.90 Å². The Morgan fingerprint density at radius 2 is 1.91 bits per heavy atom. The van der Waals surface area contributed by atoms with Gasteiger partial charge in [0.25, 0.3) is 0 Å². The number of hydrogen-bond acceptors (Lipinski definition) is 5. The number of nitrogens with one attached hydrogen (secondary N) is 2. The summed E-state index contributed by atoms with van der Waals surface area (Å²) in [5.74, 6) is 3.60. The van der Waals surface area contributed by atoms with Gasteiger partial charge in [0.2, 0.25) is 6.61 Å². The van der Waals surface area contributed by atoms with E-state index in [1.165, 1.54) is 6.07 Å². The molecule has 0 atom stereocenters. The molecule has 4 N–H and O–H groups in total. The predicted octanol–water partition coefficient (Wildman–Crippen LogP) is 5.43. The summed E-state index contributed by atoms with van der Waals surface area (Å²) in [6.07, 6.45) is -4.90. The summed E-state index contributed by atoms with van der Waals surface area (Å²) >= 11 is 9.35. The summed E-state index contributed by atoms with van der Waals surface area (Å²) in [4.78, 5) is 25.7. The van der Waals surface area contributed by atoms with Crippen molar-refractivity contribution in [3.63, 3.8) is 0 Å². The van der Waals surface area contributed by atoms with Gasteiger partial charge in [-0.3, -0.25) is 0 Å². The Bertz CT molecular complexity index is 1360. The van der Waals surface area contributed by atoms with Gasteiger partial charge in [0.15, 0.2) is 5.71 Å². The second-order valence-electron chi connectivity index (χ2n) is 6.68. The molecule has 2 aromatic carbocycles. The van der Waals surface area contributed by atoms with E-state index in [1.54, 1.807) is 36.4 Å². The van der Waals surface area contributed by atoms with Crippen molar-refractivity contribution >= 4 is 61.0 Å². The third-order valence-electron chi connectivity index (χ3n) is 4.59. The Labute approximate surface area is 191 Å². The van der Waals surface area contributed by atoms with Crippen molar-refractivity contribution in [1.82, 2.24) is 9.97 Å². The number of rotatable bonds is 5. The van der Waals surface area contributed by atoms with Gasteiger partial charge in [0.05, 0.1) is 11.4 Å². The minimum absolute atomic E-state index is 0.131. The first-order valence-electron chi connectivity index (χ1n) is 8.94. The molecule has 0 radical (unpaired) electrons. The Morgan fingerprint density at radius 1 is 1.12 bits per heavy atom. The zero-order valence-electron chi connectivity index (χ0n) is 15.9. The molecule has 2 heterocycles. The number of halogens is 5. The normalized spacial score (nSPS) is 12.5. The number of oxime groups is 1. The third kappa shape index (κ3) is 4.31. The molecule has 0 aliphatic heterocycles. The summed E-state index contributed by atoms with van der Waals surface area (Å²) in [5.41, 5.74) is 0.0396. The van der Waals surface area contributed by atoms with Crippen LogP contribution in [0.3, 0.4) is 0 Å². The summed E-state index contributed by atoms with van der Waals surface area (Å²) in [7, 11) is 0. The highest BCUT2D eigenvalue weighted by atomic mass is 79.9. The monoisotopic (exact) mass is 528 g/mol. The second-order valence-corrected chi connectivity index (χ2v) is 8.03. The number of H-pyrrole nitrogens is 2. The Hall–Kier alpha value is -3.02. The number of hydrogen-bond donors (Lipinski definition) is 3. The molecule has 0 amide bonds. The zero-order chi connectivity index (χ0) is 23.0. The minimum atomic E-state index is -4.90. The van der Waals surface area contributed by atoms with Crippen LogP contribution in [0, 0.1) is 0 Å². The van der Waals surface area contributed by atoms with Crippen LogP contribution in [0.15, 0.2) is 52.1 Å². The van der Waals surface area contributed by atoms with E-state index in [-0.39, 0.29) is 16.6 Å². The molecule has 7 nitrogen and oxygen atoms in total. The van der Waals surface area contributed by atoms with Gasteiger partial charge in [-0.2, -0.15) is 19.1 Å². The third-order valence-corrected chi connectivity index (χ3v) is 5.32. The maximum Gasteiger partial charge on any atom is 0.437 e. The second kappa shape index (κ2) is 8.49. The summed E-state index contributed by atoms with van der Waals surface area (Å²) in [6, 6.07) is 11.5. The number of nitrogens with zero attached hydrogens (tertiary/aromatic N) is 1.